The molecule has 160 valence electrons. The average molecular weight is 466 g/mol. The highest BCUT2D eigenvalue weighted by Crippen LogP contribution is 2.30. The van der Waals surface area contributed by atoms with Gasteiger partial charge in [0.1, 0.15) is 11.3 Å². The fourth-order valence-corrected chi connectivity index (χ4v) is 4.02. The first-order chi connectivity index (χ1) is 15.5. The van der Waals surface area contributed by atoms with Crippen molar-refractivity contribution in [3.63, 3.8) is 0 Å². The zero-order valence-corrected chi connectivity index (χ0v) is 18.7. The first-order valence-corrected chi connectivity index (χ1v) is 10.7. The standard InChI is InChI=1S/C23H17Cl2N5O2/c1-3-18-20(13-4-7-15(32-2)8-5-13)22-27-26-21-19(30(22)28-18)10-11-29(23(21)31)14-6-9-16(24)17(25)12-14/h4-12H,3H2,1-2H3. The zero-order chi connectivity index (χ0) is 22.4. The van der Waals surface area contributed by atoms with Gasteiger partial charge in [0, 0.05) is 6.20 Å². The predicted octanol–water partition coefficient (Wildman–Crippen LogP) is 4.97. The van der Waals surface area contributed by atoms with Crippen molar-refractivity contribution in [2.75, 3.05) is 7.11 Å². The molecular formula is C23H17Cl2N5O2. The van der Waals surface area contributed by atoms with Gasteiger partial charge in [-0.2, -0.15) is 5.10 Å². The lowest BCUT2D eigenvalue weighted by Crippen LogP contribution is -2.20. The second kappa shape index (κ2) is 7.93. The normalized spacial score (nSPS) is 11.4. The van der Waals surface area contributed by atoms with E-state index >= 15 is 0 Å². The number of rotatable bonds is 4. The summed E-state index contributed by atoms with van der Waals surface area (Å²) in [4.78, 5) is 13.2. The molecular weight excluding hydrogens is 449 g/mol. The summed E-state index contributed by atoms with van der Waals surface area (Å²) in [5.74, 6) is 0.766. The monoisotopic (exact) mass is 465 g/mol. The molecule has 0 amide bonds. The Bertz CT molecular complexity index is 1540. The van der Waals surface area contributed by atoms with Crippen molar-refractivity contribution in [3.8, 4) is 22.6 Å². The van der Waals surface area contributed by atoms with Crippen LogP contribution in [0.4, 0.5) is 0 Å². The summed E-state index contributed by atoms with van der Waals surface area (Å²) in [6.45, 7) is 2.03. The number of hydrogen-bond donors (Lipinski definition) is 0. The number of hydrogen-bond acceptors (Lipinski definition) is 5. The molecule has 0 N–H and O–H groups in total. The van der Waals surface area contributed by atoms with Crippen molar-refractivity contribution >= 4 is 39.9 Å². The SMILES string of the molecule is CCc1nn2c(nnc3c(=O)n(-c4ccc(Cl)c(Cl)c4)ccc32)c1-c1ccc(OC)cc1. The number of methoxy groups -OCH3 is 1. The van der Waals surface area contributed by atoms with Crippen LogP contribution in [-0.2, 0) is 6.42 Å². The number of ether oxygens (including phenoxy) is 1. The van der Waals surface area contributed by atoms with Gasteiger partial charge in [-0.1, -0.05) is 42.3 Å². The molecule has 0 aliphatic rings. The lowest BCUT2D eigenvalue weighted by Gasteiger charge is -2.08. The highest BCUT2D eigenvalue weighted by Gasteiger charge is 2.19. The topological polar surface area (TPSA) is 74.3 Å². The van der Waals surface area contributed by atoms with E-state index in [1.54, 1.807) is 42.1 Å². The van der Waals surface area contributed by atoms with Crippen LogP contribution < -0.4 is 10.3 Å². The van der Waals surface area contributed by atoms with Gasteiger partial charge in [-0.15, -0.1) is 10.2 Å². The van der Waals surface area contributed by atoms with Crippen LogP contribution in [0.25, 0.3) is 33.5 Å². The van der Waals surface area contributed by atoms with Crippen LogP contribution in [0.5, 0.6) is 5.75 Å². The highest BCUT2D eigenvalue weighted by molar-refractivity contribution is 6.42. The lowest BCUT2D eigenvalue weighted by molar-refractivity contribution is 0.415. The Labute approximate surface area is 192 Å². The van der Waals surface area contributed by atoms with E-state index in [0.717, 1.165) is 22.6 Å². The number of aryl methyl sites for hydroxylation is 1. The maximum atomic E-state index is 13.2. The van der Waals surface area contributed by atoms with Crippen LogP contribution in [0.15, 0.2) is 59.5 Å². The second-order valence-electron chi connectivity index (χ2n) is 7.16. The molecule has 0 saturated heterocycles. The zero-order valence-electron chi connectivity index (χ0n) is 17.2. The Kier molecular flexibility index (Phi) is 5.07. The number of aromatic nitrogens is 5. The average Bonchev–Trinajstić information content (AvgIpc) is 3.20. The Morgan fingerprint density at radius 3 is 2.47 bits per heavy atom. The van der Waals surface area contributed by atoms with E-state index in [0.29, 0.717) is 33.3 Å². The van der Waals surface area contributed by atoms with Crippen LogP contribution >= 0.6 is 23.2 Å². The number of halogens is 2. The third kappa shape index (κ3) is 3.21. The molecule has 0 saturated carbocycles. The smallest absolute Gasteiger partial charge is 0.285 e. The van der Waals surface area contributed by atoms with Gasteiger partial charge in [0.05, 0.1) is 34.1 Å². The van der Waals surface area contributed by atoms with E-state index in [4.69, 9.17) is 33.0 Å². The molecule has 3 aromatic heterocycles. The molecule has 0 bridgehead atoms. The molecule has 5 rings (SSSR count). The minimum absolute atomic E-state index is 0.206. The molecule has 2 aromatic carbocycles. The predicted molar refractivity (Wildman–Crippen MR) is 125 cm³/mol. The summed E-state index contributed by atoms with van der Waals surface area (Å²) in [5, 5.41) is 14.2. The summed E-state index contributed by atoms with van der Waals surface area (Å²) in [7, 11) is 1.63. The molecule has 0 unspecified atom stereocenters. The van der Waals surface area contributed by atoms with Gasteiger partial charge in [0.15, 0.2) is 11.2 Å². The Hall–Kier alpha value is -3.42. The lowest BCUT2D eigenvalue weighted by atomic mass is 10.0. The van der Waals surface area contributed by atoms with E-state index in [1.807, 2.05) is 31.2 Å². The summed E-state index contributed by atoms with van der Waals surface area (Å²) >= 11 is 12.1. The van der Waals surface area contributed by atoms with Crippen molar-refractivity contribution in [1.82, 2.24) is 24.4 Å². The van der Waals surface area contributed by atoms with Gasteiger partial charge in [0.2, 0.25) is 0 Å². The summed E-state index contributed by atoms with van der Waals surface area (Å²) in [6.07, 6.45) is 2.37. The Morgan fingerprint density at radius 2 is 1.78 bits per heavy atom. The summed E-state index contributed by atoms with van der Waals surface area (Å²) in [5.41, 5.74) is 4.34. The minimum atomic E-state index is -0.324. The molecule has 32 heavy (non-hydrogen) atoms. The second-order valence-corrected chi connectivity index (χ2v) is 7.98. The molecule has 3 heterocycles. The van der Waals surface area contributed by atoms with E-state index in [1.165, 1.54) is 4.57 Å². The molecule has 0 spiro atoms. The van der Waals surface area contributed by atoms with Gasteiger partial charge in [-0.25, -0.2) is 4.52 Å². The fourth-order valence-electron chi connectivity index (χ4n) is 3.73. The molecule has 0 aliphatic carbocycles. The molecule has 0 atom stereocenters. The van der Waals surface area contributed by atoms with Crippen LogP contribution in [0, 0.1) is 0 Å². The molecule has 5 aromatic rings. The number of benzene rings is 2. The number of nitrogens with zero attached hydrogens (tertiary/aromatic N) is 5. The maximum Gasteiger partial charge on any atom is 0.285 e. The van der Waals surface area contributed by atoms with E-state index < -0.39 is 0 Å². The van der Waals surface area contributed by atoms with Crippen LogP contribution in [-0.4, -0.2) is 31.5 Å². The van der Waals surface area contributed by atoms with Crippen LogP contribution in [0.2, 0.25) is 10.0 Å². The van der Waals surface area contributed by atoms with Gasteiger partial charge >= 0.3 is 0 Å². The maximum absolute atomic E-state index is 13.2. The van der Waals surface area contributed by atoms with E-state index in [9.17, 15) is 4.79 Å². The number of fused-ring (bicyclic) bond motifs is 3. The highest BCUT2D eigenvalue weighted by atomic mass is 35.5. The fraction of sp³-hybridized carbons (Fsp3) is 0.130. The van der Waals surface area contributed by atoms with Gasteiger partial charge in [-0.05, 0) is 48.4 Å². The van der Waals surface area contributed by atoms with Gasteiger partial charge in [0.25, 0.3) is 5.56 Å². The summed E-state index contributed by atoms with van der Waals surface area (Å²) < 4.78 is 8.40. The van der Waals surface area contributed by atoms with Gasteiger partial charge < -0.3 is 4.74 Å². The van der Waals surface area contributed by atoms with Gasteiger partial charge in [-0.3, -0.25) is 9.36 Å². The summed E-state index contributed by atoms with van der Waals surface area (Å²) in [6, 6.07) is 14.5. The van der Waals surface area contributed by atoms with Crippen molar-refractivity contribution in [2.24, 2.45) is 0 Å². The van der Waals surface area contributed by atoms with Crippen LogP contribution in [0.1, 0.15) is 12.6 Å². The molecule has 0 aliphatic heterocycles. The molecule has 7 nitrogen and oxygen atoms in total. The largest absolute Gasteiger partial charge is 0.497 e. The molecule has 0 radical (unpaired) electrons. The number of pyridine rings is 1. The quantitative estimate of drug-likeness (QED) is 0.374. The van der Waals surface area contributed by atoms with E-state index in [-0.39, 0.29) is 11.1 Å². The molecule has 0 fully saturated rings. The minimum Gasteiger partial charge on any atom is -0.497 e. The third-order valence-electron chi connectivity index (χ3n) is 5.35. The Balaban J connectivity index is 1.73. The first kappa shape index (κ1) is 20.5. The first-order valence-electron chi connectivity index (χ1n) is 9.91. The van der Waals surface area contributed by atoms with E-state index in [2.05, 4.69) is 10.2 Å². The van der Waals surface area contributed by atoms with Crippen molar-refractivity contribution in [3.05, 3.63) is 80.8 Å². The van der Waals surface area contributed by atoms with Crippen molar-refractivity contribution < 1.29 is 4.74 Å². The van der Waals surface area contributed by atoms with Crippen molar-refractivity contribution in [1.29, 1.82) is 0 Å². The molecule has 9 heteroatoms. The third-order valence-corrected chi connectivity index (χ3v) is 6.09. The Morgan fingerprint density at radius 1 is 1.00 bits per heavy atom. The van der Waals surface area contributed by atoms with Crippen LogP contribution in [0.3, 0.4) is 0 Å². The van der Waals surface area contributed by atoms with Crippen molar-refractivity contribution in [2.45, 2.75) is 13.3 Å².